The average Bonchev–Trinajstić information content (AvgIpc) is 3.47. The van der Waals surface area contributed by atoms with Crippen LogP contribution in [0.3, 0.4) is 0 Å². The number of nitrogens with one attached hydrogen (secondary N) is 2. The van der Waals surface area contributed by atoms with E-state index in [0.29, 0.717) is 23.5 Å². The predicted octanol–water partition coefficient (Wildman–Crippen LogP) is 5.52. The number of hydrogen-bond donors (Lipinski definition) is 2. The van der Waals surface area contributed by atoms with Crippen LogP contribution in [0.15, 0.2) is 86.6 Å². The molecule has 3 heterocycles. The Bertz CT molecular complexity index is 1620. The molecular weight excluding hydrogens is 512 g/mol. The number of benzene rings is 3. The summed E-state index contributed by atoms with van der Waals surface area (Å²) < 4.78 is 13.7. The molecule has 0 saturated heterocycles. The summed E-state index contributed by atoms with van der Waals surface area (Å²) in [4.78, 5) is 27.5. The van der Waals surface area contributed by atoms with Crippen molar-refractivity contribution >= 4 is 38.4 Å². The number of aromatic nitrogens is 3. The van der Waals surface area contributed by atoms with Crippen LogP contribution in [0.1, 0.15) is 28.6 Å². The fourth-order valence-corrected chi connectivity index (χ4v) is 4.94. The van der Waals surface area contributed by atoms with Crippen LogP contribution < -0.4 is 15.8 Å². The zero-order valence-electron chi connectivity index (χ0n) is 18.3. The molecule has 0 bridgehead atoms. The third kappa shape index (κ3) is 3.93. The molecule has 0 spiro atoms. The second-order valence-electron chi connectivity index (χ2n) is 8.26. The van der Waals surface area contributed by atoms with Crippen molar-refractivity contribution in [1.29, 1.82) is 0 Å². The first-order chi connectivity index (χ1) is 17.1. The van der Waals surface area contributed by atoms with E-state index in [2.05, 4.69) is 42.0 Å². The minimum Gasteiger partial charge on any atom is -0.486 e. The number of H-pyrrole nitrogens is 1. The number of aromatic amines is 1. The first-order valence-corrected chi connectivity index (χ1v) is 11.9. The summed E-state index contributed by atoms with van der Waals surface area (Å²) in [6.07, 6.45) is 0.640. The van der Waals surface area contributed by atoms with E-state index in [4.69, 9.17) is 4.74 Å². The van der Waals surface area contributed by atoms with E-state index in [1.807, 2.05) is 53.1 Å². The number of halogens is 1. The maximum atomic E-state index is 13.5. The van der Waals surface area contributed by atoms with Gasteiger partial charge in [-0.1, -0.05) is 57.5 Å². The Morgan fingerprint density at radius 2 is 1.97 bits per heavy atom. The summed E-state index contributed by atoms with van der Waals surface area (Å²) in [5.74, 6) is 0.126. The Kier molecular flexibility index (Phi) is 5.26. The van der Waals surface area contributed by atoms with Gasteiger partial charge in [-0.25, -0.2) is 4.79 Å². The fraction of sp³-hybridized carbons (Fsp3) is 0.115. The van der Waals surface area contributed by atoms with Crippen LogP contribution in [0.4, 0.5) is 5.69 Å². The van der Waals surface area contributed by atoms with E-state index in [1.54, 1.807) is 18.2 Å². The number of amides is 1. The Morgan fingerprint density at radius 3 is 2.77 bits per heavy atom. The molecule has 2 aromatic heterocycles. The van der Waals surface area contributed by atoms with Gasteiger partial charge in [0.05, 0.1) is 11.2 Å². The molecule has 1 atom stereocenters. The Hall–Kier alpha value is -4.11. The van der Waals surface area contributed by atoms with Gasteiger partial charge in [0.2, 0.25) is 0 Å². The van der Waals surface area contributed by atoms with Crippen molar-refractivity contribution in [3.05, 3.63) is 99.1 Å². The maximum Gasteiger partial charge on any atom is 0.439 e. The molecule has 1 amide bonds. The number of hydrogen-bond acceptors (Lipinski definition) is 5. The normalized spacial score (nSPS) is 14.7. The molecule has 2 N–H and O–H groups in total. The first-order valence-electron chi connectivity index (χ1n) is 11.1. The van der Waals surface area contributed by atoms with E-state index in [-0.39, 0.29) is 17.8 Å². The minimum atomic E-state index is -0.667. The number of anilines is 1. The quantitative estimate of drug-likeness (QED) is 0.311. The Morgan fingerprint density at radius 1 is 1.11 bits per heavy atom. The third-order valence-corrected chi connectivity index (χ3v) is 6.59. The van der Waals surface area contributed by atoms with Crippen molar-refractivity contribution in [2.24, 2.45) is 0 Å². The van der Waals surface area contributed by atoms with Crippen molar-refractivity contribution in [1.82, 2.24) is 14.7 Å². The van der Waals surface area contributed by atoms with Gasteiger partial charge in [-0.15, -0.1) is 0 Å². The van der Waals surface area contributed by atoms with E-state index in [0.717, 1.165) is 33.1 Å². The molecule has 35 heavy (non-hydrogen) atoms. The molecule has 9 heteroatoms. The van der Waals surface area contributed by atoms with E-state index in [1.165, 1.54) is 0 Å². The number of rotatable bonds is 5. The van der Waals surface area contributed by atoms with Crippen molar-refractivity contribution in [3.8, 4) is 17.1 Å². The number of ether oxygens (including phenoxy) is 1. The van der Waals surface area contributed by atoms with Crippen LogP contribution in [0, 0.1) is 0 Å². The molecule has 1 aliphatic heterocycles. The monoisotopic (exact) mass is 530 g/mol. The first kappa shape index (κ1) is 21.4. The van der Waals surface area contributed by atoms with Crippen molar-refractivity contribution < 1.29 is 14.1 Å². The summed E-state index contributed by atoms with van der Waals surface area (Å²) >= 11 is 3.42. The molecule has 6 rings (SSSR count). The van der Waals surface area contributed by atoms with E-state index >= 15 is 0 Å². The predicted molar refractivity (Wildman–Crippen MR) is 135 cm³/mol. The van der Waals surface area contributed by atoms with Gasteiger partial charge in [0.15, 0.2) is 5.82 Å². The number of carbonyl (C=O) groups is 1. The highest BCUT2D eigenvalue weighted by Crippen LogP contribution is 2.37. The summed E-state index contributed by atoms with van der Waals surface area (Å²) in [5.41, 5.74) is 3.64. The van der Waals surface area contributed by atoms with Crippen molar-refractivity contribution in [3.63, 3.8) is 0 Å². The van der Waals surface area contributed by atoms with Crippen LogP contribution in [0.2, 0.25) is 0 Å². The molecule has 0 saturated carbocycles. The second-order valence-corrected chi connectivity index (χ2v) is 9.18. The zero-order valence-corrected chi connectivity index (χ0v) is 19.9. The number of aryl methyl sites for hydroxylation is 1. The van der Waals surface area contributed by atoms with Crippen LogP contribution >= 0.6 is 15.9 Å². The summed E-state index contributed by atoms with van der Waals surface area (Å²) in [6.45, 7) is 0.643. The van der Waals surface area contributed by atoms with Gasteiger partial charge in [-0.3, -0.25) is 14.3 Å². The lowest BCUT2D eigenvalue weighted by atomic mass is 10.0. The lowest BCUT2D eigenvalue weighted by Gasteiger charge is -2.27. The van der Waals surface area contributed by atoms with E-state index in [9.17, 15) is 9.59 Å². The molecule has 3 aromatic carbocycles. The molecule has 5 aromatic rings. The topological polar surface area (TPSA) is 102 Å². The molecule has 0 aliphatic carbocycles. The van der Waals surface area contributed by atoms with Gasteiger partial charge >= 0.3 is 5.76 Å². The second kappa shape index (κ2) is 8.59. The molecule has 174 valence electrons. The molecule has 0 fully saturated rings. The highest BCUT2D eigenvalue weighted by atomic mass is 79.9. The van der Waals surface area contributed by atoms with Gasteiger partial charge in [-0.2, -0.15) is 0 Å². The lowest BCUT2D eigenvalue weighted by molar-refractivity contribution is 0.101. The van der Waals surface area contributed by atoms with Crippen molar-refractivity contribution in [2.45, 2.75) is 19.1 Å². The van der Waals surface area contributed by atoms with Gasteiger partial charge in [0, 0.05) is 34.0 Å². The van der Waals surface area contributed by atoms with Gasteiger partial charge in [0.25, 0.3) is 5.91 Å². The van der Waals surface area contributed by atoms with Crippen LogP contribution in [0.25, 0.3) is 22.3 Å². The number of carbonyl (C=O) groups excluding carboxylic acids is 1. The number of para-hydroxylation sites is 2. The third-order valence-electron chi connectivity index (χ3n) is 6.09. The fourth-order valence-electron chi connectivity index (χ4n) is 4.58. The molecule has 0 radical (unpaired) electrons. The minimum absolute atomic E-state index is 0.0959. The van der Waals surface area contributed by atoms with Crippen LogP contribution in [-0.2, 0) is 6.54 Å². The maximum absolute atomic E-state index is 13.5. The Balaban J connectivity index is 1.35. The van der Waals surface area contributed by atoms with Crippen LogP contribution in [-0.4, -0.2) is 20.6 Å². The standard InChI is InChI=1S/C26H19BrN4O4/c27-16-9-10-20(19(14-16)24-29-26(33)35-30-24)28-25(32)21-13-15-5-4-8-18-22(11-12-31(21)23(15)18)34-17-6-2-1-3-7-17/h1-10,13-14,22H,11-12H2,(H,28,32)(H,29,30,33). The molecule has 1 unspecified atom stereocenters. The SMILES string of the molecule is O=C(Nc1ccc(Br)cc1-c1noc(=O)[nH]1)c1cc2cccc3c2n1CCC3Oc1ccccc1. The van der Waals surface area contributed by atoms with E-state index < -0.39 is 5.76 Å². The van der Waals surface area contributed by atoms with Gasteiger partial charge in [-0.05, 0) is 36.4 Å². The lowest BCUT2D eigenvalue weighted by Crippen LogP contribution is -2.22. The largest absolute Gasteiger partial charge is 0.486 e. The summed E-state index contributed by atoms with van der Waals surface area (Å²) in [7, 11) is 0. The van der Waals surface area contributed by atoms with Gasteiger partial charge in [0.1, 0.15) is 17.5 Å². The average molecular weight is 531 g/mol. The summed E-state index contributed by atoms with van der Waals surface area (Å²) in [5, 5.41) is 7.72. The highest BCUT2D eigenvalue weighted by molar-refractivity contribution is 9.10. The molecule has 8 nitrogen and oxygen atoms in total. The zero-order chi connectivity index (χ0) is 23.9. The van der Waals surface area contributed by atoms with Crippen molar-refractivity contribution in [2.75, 3.05) is 5.32 Å². The summed E-state index contributed by atoms with van der Waals surface area (Å²) in [6, 6.07) is 23.0. The van der Waals surface area contributed by atoms with Crippen LogP contribution in [0.5, 0.6) is 5.75 Å². The molecular formula is C26H19BrN4O4. The highest BCUT2D eigenvalue weighted by Gasteiger charge is 2.27. The molecule has 1 aliphatic rings. The number of nitrogens with zero attached hydrogens (tertiary/aromatic N) is 2. The smallest absolute Gasteiger partial charge is 0.439 e. The Labute approximate surface area is 207 Å². The van der Waals surface area contributed by atoms with Gasteiger partial charge < -0.3 is 14.6 Å².